The topological polar surface area (TPSA) is 122 Å². The summed E-state index contributed by atoms with van der Waals surface area (Å²) in [5.41, 5.74) is 1.27. The fraction of sp³-hybridized carbons (Fsp3) is 0.438. The number of ether oxygens (including phenoxy) is 1. The highest BCUT2D eigenvalue weighted by Gasteiger charge is 2.25. The van der Waals surface area contributed by atoms with Crippen molar-refractivity contribution in [1.82, 2.24) is 44.7 Å². The lowest BCUT2D eigenvalue weighted by Gasteiger charge is -2.21. The van der Waals surface area contributed by atoms with Crippen LogP contribution in [0.4, 0.5) is 0 Å². The summed E-state index contributed by atoms with van der Waals surface area (Å²) in [7, 11) is 1.81. The van der Waals surface area contributed by atoms with Crippen LogP contribution in [0, 0.1) is 6.92 Å². The summed E-state index contributed by atoms with van der Waals surface area (Å²) in [5, 5.41) is 20.9. The Morgan fingerprint density at radius 1 is 1.22 bits per heavy atom. The number of nitrogens with zero attached hydrogens (tertiary/aromatic N) is 9. The third kappa shape index (κ3) is 3.11. The van der Waals surface area contributed by atoms with Crippen molar-refractivity contribution in [3.05, 3.63) is 29.7 Å². The summed E-state index contributed by atoms with van der Waals surface area (Å²) in [6.45, 7) is 8.18. The number of aromatic nitrogens is 9. The molecule has 27 heavy (non-hydrogen) atoms. The SMILES string of the molecule is Cc1nc(-c2nnc3cc(C(C)(C)C)c(OCc4ncnn4C)nn23)no1. The lowest BCUT2D eigenvalue weighted by atomic mass is 9.88. The minimum absolute atomic E-state index is 0.210. The highest BCUT2D eigenvalue weighted by atomic mass is 16.5. The molecule has 0 aromatic carbocycles. The van der Waals surface area contributed by atoms with Gasteiger partial charge in [0.15, 0.2) is 11.5 Å². The van der Waals surface area contributed by atoms with Gasteiger partial charge in [-0.15, -0.1) is 15.3 Å². The van der Waals surface area contributed by atoms with E-state index in [1.165, 1.54) is 6.33 Å². The van der Waals surface area contributed by atoms with Crippen LogP contribution in [0.15, 0.2) is 16.9 Å². The smallest absolute Gasteiger partial charge is 0.242 e. The van der Waals surface area contributed by atoms with E-state index in [4.69, 9.17) is 9.26 Å². The summed E-state index contributed by atoms with van der Waals surface area (Å²) >= 11 is 0. The van der Waals surface area contributed by atoms with Gasteiger partial charge >= 0.3 is 0 Å². The molecule has 0 N–H and O–H groups in total. The predicted molar refractivity (Wildman–Crippen MR) is 92.8 cm³/mol. The molecule has 0 atom stereocenters. The molecule has 11 heteroatoms. The third-order valence-electron chi connectivity index (χ3n) is 4.04. The van der Waals surface area contributed by atoms with Gasteiger partial charge in [0.1, 0.15) is 12.9 Å². The fourth-order valence-corrected chi connectivity index (χ4v) is 2.57. The first kappa shape index (κ1) is 17.1. The zero-order valence-corrected chi connectivity index (χ0v) is 15.7. The Bertz CT molecular complexity index is 1100. The van der Waals surface area contributed by atoms with E-state index in [1.807, 2.05) is 13.1 Å². The lowest BCUT2D eigenvalue weighted by molar-refractivity contribution is 0.266. The number of fused-ring (bicyclic) bond motifs is 1. The molecule has 4 aromatic rings. The van der Waals surface area contributed by atoms with Gasteiger partial charge in [0, 0.05) is 19.5 Å². The van der Waals surface area contributed by atoms with Crippen LogP contribution in [0.3, 0.4) is 0 Å². The molecule has 0 aliphatic rings. The summed E-state index contributed by atoms with van der Waals surface area (Å²) in [5.74, 6) is 2.28. The molecule has 0 saturated carbocycles. The van der Waals surface area contributed by atoms with E-state index in [-0.39, 0.29) is 12.0 Å². The van der Waals surface area contributed by atoms with Crippen LogP contribution in [0.25, 0.3) is 17.3 Å². The minimum atomic E-state index is -0.210. The van der Waals surface area contributed by atoms with Gasteiger partial charge in [-0.2, -0.15) is 14.6 Å². The second-order valence-corrected chi connectivity index (χ2v) is 7.13. The Balaban J connectivity index is 1.80. The van der Waals surface area contributed by atoms with Gasteiger partial charge in [0.05, 0.1) is 0 Å². The number of hydrogen-bond donors (Lipinski definition) is 0. The van der Waals surface area contributed by atoms with Gasteiger partial charge < -0.3 is 9.26 Å². The number of aryl methyl sites for hydroxylation is 2. The first-order chi connectivity index (χ1) is 12.8. The second-order valence-electron chi connectivity index (χ2n) is 7.13. The van der Waals surface area contributed by atoms with Gasteiger partial charge in [0.2, 0.25) is 23.4 Å². The van der Waals surface area contributed by atoms with Crippen LogP contribution >= 0.6 is 0 Å². The maximum atomic E-state index is 5.99. The molecule has 0 saturated heterocycles. The molecule has 0 aliphatic carbocycles. The highest BCUT2D eigenvalue weighted by Crippen LogP contribution is 2.31. The molecule has 0 amide bonds. The van der Waals surface area contributed by atoms with Crippen LogP contribution in [0.5, 0.6) is 5.88 Å². The summed E-state index contributed by atoms with van der Waals surface area (Å²) < 4.78 is 14.2. The van der Waals surface area contributed by atoms with Crippen LogP contribution in [0.1, 0.15) is 38.0 Å². The molecule has 140 valence electrons. The van der Waals surface area contributed by atoms with Crippen LogP contribution in [-0.2, 0) is 19.1 Å². The van der Waals surface area contributed by atoms with E-state index < -0.39 is 0 Å². The Kier molecular flexibility index (Phi) is 3.86. The molecule has 0 aliphatic heterocycles. The van der Waals surface area contributed by atoms with E-state index in [2.05, 4.69) is 56.3 Å². The van der Waals surface area contributed by atoms with Crippen molar-refractivity contribution >= 4 is 5.65 Å². The lowest BCUT2D eigenvalue weighted by Crippen LogP contribution is -2.17. The molecular weight excluding hydrogens is 350 g/mol. The maximum Gasteiger partial charge on any atom is 0.242 e. The largest absolute Gasteiger partial charge is 0.468 e. The van der Waals surface area contributed by atoms with E-state index in [1.54, 1.807) is 16.1 Å². The molecule has 0 unspecified atom stereocenters. The van der Waals surface area contributed by atoms with E-state index in [0.29, 0.717) is 34.9 Å². The van der Waals surface area contributed by atoms with E-state index in [9.17, 15) is 0 Å². The number of rotatable bonds is 4. The molecule has 4 aromatic heterocycles. The molecule has 0 spiro atoms. The summed E-state index contributed by atoms with van der Waals surface area (Å²) in [4.78, 5) is 8.38. The van der Waals surface area contributed by atoms with Crippen molar-refractivity contribution in [1.29, 1.82) is 0 Å². The van der Waals surface area contributed by atoms with Crippen molar-refractivity contribution in [2.45, 2.75) is 39.7 Å². The normalized spacial score (nSPS) is 12.0. The molecular formula is C16H19N9O2. The Morgan fingerprint density at radius 3 is 2.67 bits per heavy atom. The zero-order valence-electron chi connectivity index (χ0n) is 15.7. The van der Waals surface area contributed by atoms with Gasteiger partial charge in [-0.1, -0.05) is 25.9 Å². The van der Waals surface area contributed by atoms with Crippen LogP contribution in [-0.4, -0.2) is 44.7 Å². The van der Waals surface area contributed by atoms with E-state index >= 15 is 0 Å². The zero-order chi connectivity index (χ0) is 19.2. The van der Waals surface area contributed by atoms with Crippen LogP contribution < -0.4 is 4.74 Å². The third-order valence-corrected chi connectivity index (χ3v) is 4.04. The molecule has 4 heterocycles. The monoisotopic (exact) mass is 369 g/mol. The van der Waals surface area contributed by atoms with E-state index in [0.717, 1.165) is 5.56 Å². The van der Waals surface area contributed by atoms with Crippen molar-refractivity contribution in [3.63, 3.8) is 0 Å². The van der Waals surface area contributed by atoms with Gasteiger partial charge in [-0.25, -0.2) is 4.98 Å². The summed E-state index contributed by atoms with van der Waals surface area (Å²) in [6.07, 6.45) is 1.48. The summed E-state index contributed by atoms with van der Waals surface area (Å²) in [6, 6.07) is 1.91. The fourth-order valence-electron chi connectivity index (χ4n) is 2.57. The van der Waals surface area contributed by atoms with Gasteiger partial charge in [-0.05, 0) is 11.5 Å². The minimum Gasteiger partial charge on any atom is -0.468 e. The van der Waals surface area contributed by atoms with Crippen LogP contribution in [0.2, 0.25) is 0 Å². The van der Waals surface area contributed by atoms with Crippen molar-refractivity contribution in [3.8, 4) is 17.5 Å². The molecule has 0 bridgehead atoms. The van der Waals surface area contributed by atoms with Crippen molar-refractivity contribution in [2.75, 3.05) is 0 Å². The first-order valence-corrected chi connectivity index (χ1v) is 8.36. The Hall–Kier alpha value is -3.37. The quantitative estimate of drug-likeness (QED) is 0.526. The number of hydrogen-bond acceptors (Lipinski definition) is 9. The van der Waals surface area contributed by atoms with Crippen molar-refractivity contribution in [2.24, 2.45) is 7.05 Å². The van der Waals surface area contributed by atoms with Gasteiger partial charge in [-0.3, -0.25) is 4.68 Å². The first-order valence-electron chi connectivity index (χ1n) is 8.36. The Morgan fingerprint density at radius 2 is 2.04 bits per heavy atom. The predicted octanol–water partition coefficient (Wildman–Crippen LogP) is 1.49. The maximum absolute atomic E-state index is 5.99. The molecule has 0 radical (unpaired) electrons. The second kappa shape index (κ2) is 6.11. The molecule has 0 fully saturated rings. The molecule has 11 nitrogen and oxygen atoms in total. The Labute approximate surface area is 154 Å². The average Bonchev–Trinajstić information content (AvgIpc) is 3.31. The standard InChI is InChI=1S/C16H19N9O2/c1-9-19-13(23-27-9)14-21-20-11-6-10(16(2,3)4)15(22-25(11)14)26-7-12-17-8-18-24(12)5/h6,8H,7H2,1-5H3. The highest BCUT2D eigenvalue weighted by molar-refractivity contribution is 5.53. The van der Waals surface area contributed by atoms with Crippen molar-refractivity contribution < 1.29 is 9.26 Å². The molecule has 4 rings (SSSR count). The van der Waals surface area contributed by atoms with Gasteiger partial charge in [0.25, 0.3) is 0 Å². The average molecular weight is 369 g/mol.